The second-order valence-corrected chi connectivity index (χ2v) is 6.02. The van der Waals surface area contributed by atoms with Crippen molar-refractivity contribution in [2.45, 2.75) is 43.8 Å². The summed E-state index contributed by atoms with van der Waals surface area (Å²) in [6.07, 6.45) is 1.79. The molecule has 4 heteroatoms. The molecule has 0 radical (unpaired) electrons. The highest BCUT2D eigenvalue weighted by Gasteiger charge is 2.52. The molecule has 1 aliphatic rings. The van der Waals surface area contributed by atoms with Gasteiger partial charge >= 0.3 is 7.12 Å². The minimum absolute atomic E-state index is 0.331. The molecule has 0 unspecified atom stereocenters. The minimum Gasteiger partial charge on any atom is -0.399 e. The van der Waals surface area contributed by atoms with Crippen LogP contribution in [-0.2, 0) is 9.31 Å². The Morgan fingerprint density at radius 3 is 2.22 bits per heavy atom. The Hall–Kier alpha value is -0.705. The van der Waals surface area contributed by atoms with E-state index in [-0.39, 0.29) is 18.3 Å². The Bertz CT molecular complexity index is 467. The van der Waals surface area contributed by atoms with E-state index in [9.17, 15) is 0 Å². The molecule has 1 fully saturated rings. The highest BCUT2D eigenvalue weighted by atomic mass is 32.1. The van der Waals surface area contributed by atoms with E-state index >= 15 is 0 Å². The lowest BCUT2D eigenvalue weighted by molar-refractivity contribution is 0.00578. The van der Waals surface area contributed by atoms with Gasteiger partial charge in [0, 0.05) is 4.90 Å². The standard InChI is InChI=1S/C14H19BO2S/c1-6-10-8-7-9-11(12(10)18)15-16-13(2,3)14(4,5)17-15/h6-9,18H,1H2,2-5H3. The van der Waals surface area contributed by atoms with Crippen molar-refractivity contribution in [1.82, 2.24) is 0 Å². The molecule has 1 aromatic carbocycles. The van der Waals surface area contributed by atoms with Gasteiger partial charge in [0.2, 0.25) is 0 Å². The molecule has 2 nitrogen and oxygen atoms in total. The summed E-state index contributed by atoms with van der Waals surface area (Å²) in [6, 6.07) is 5.93. The molecule has 2 rings (SSSR count). The molecule has 96 valence electrons. The fraction of sp³-hybridized carbons (Fsp3) is 0.429. The number of hydrogen-bond acceptors (Lipinski definition) is 3. The van der Waals surface area contributed by atoms with Gasteiger partial charge < -0.3 is 9.31 Å². The Balaban J connectivity index is 2.38. The summed E-state index contributed by atoms with van der Waals surface area (Å²) >= 11 is 4.55. The van der Waals surface area contributed by atoms with Crippen LogP contribution in [0.25, 0.3) is 6.08 Å². The first-order chi connectivity index (χ1) is 8.28. The summed E-state index contributed by atoms with van der Waals surface area (Å²) in [5, 5.41) is 0. The van der Waals surface area contributed by atoms with Gasteiger partial charge in [0.15, 0.2) is 0 Å². The average Bonchev–Trinajstić information content (AvgIpc) is 2.48. The first kappa shape index (κ1) is 13.7. The lowest BCUT2D eigenvalue weighted by Crippen LogP contribution is -2.41. The molecule has 18 heavy (non-hydrogen) atoms. The van der Waals surface area contributed by atoms with E-state index in [1.165, 1.54) is 0 Å². The number of thiol groups is 1. The molecule has 0 saturated carbocycles. The van der Waals surface area contributed by atoms with Crippen LogP contribution in [0.2, 0.25) is 0 Å². The smallest absolute Gasteiger partial charge is 0.399 e. The molecule has 0 aliphatic carbocycles. The molecular weight excluding hydrogens is 243 g/mol. The third kappa shape index (κ3) is 2.13. The Labute approximate surface area is 115 Å². The lowest BCUT2D eigenvalue weighted by atomic mass is 9.78. The summed E-state index contributed by atoms with van der Waals surface area (Å²) < 4.78 is 12.1. The number of rotatable bonds is 2. The maximum absolute atomic E-state index is 6.03. The number of benzene rings is 1. The van der Waals surface area contributed by atoms with Gasteiger partial charge in [0.1, 0.15) is 0 Å². The minimum atomic E-state index is -0.373. The molecule has 0 bridgehead atoms. The summed E-state index contributed by atoms with van der Waals surface area (Å²) in [6.45, 7) is 12.0. The van der Waals surface area contributed by atoms with Crippen molar-refractivity contribution >= 4 is 31.3 Å². The van der Waals surface area contributed by atoms with Crippen molar-refractivity contribution in [1.29, 1.82) is 0 Å². The van der Waals surface area contributed by atoms with Crippen LogP contribution in [0.5, 0.6) is 0 Å². The lowest BCUT2D eigenvalue weighted by Gasteiger charge is -2.32. The van der Waals surface area contributed by atoms with Crippen molar-refractivity contribution in [3.63, 3.8) is 0 Å². The van der Waals surface area contributed by atoms with Gasteiger partial charge in [-0.05, 0) is 38.7 Å². The first-order valence-corrected chi connectivity index (χ1v) is 6.53. The summed E-state index contributed by atoms with van der Waals surface area (Å²) in [4.78, 5) is 0.867. The van der Waals surface area contributed by atoms with Gasteiger partial charge in [-0.25, -0.2) is 0 Å². The quantitative estimate of drug-likeness (QED) is 0.652. The third-order valence-corrected chi connectivity index (χ3v) is 4.34. The highest BCUT2D eigenvalue weighted by Crippen LogP contribution is 2.37. The predicted octanol–water partition coefficient (Wildman–Crippen LogP) is 2.92. The van der Waals surface area contributed by atoms with E-state index in [0.29, 0.717) is 0 Å². The maximum Gasteiger partial charge on any atom is 0.496 e. The van der Waals surface area contributed by atoms with Gasteiger partial charge in [-0.2, -0.15) is 0 Å². The Kier molecular flexibility index (Phi) is 3.39. The summed E-state index contributed by atoms with van der Waals surface area (Å²) in [7, 11) is -0.373. The molecule has 0 atom stereocenters. The van der Waals surface area contributed by atoms with Crippen LogP contribution in [0.4, 0.5) is 0 Å². The molecule has 0 N–H and O–H groups in total. The van der Waals surface area contributed by atoms with E-state index in [4.69, 9.17) is 9.31 Å². The van der Waals surface area contributed by atoms with E-state index < -0.39 is 0 Å². The zero-order valence-corrected chi connectivity index (χ0v) is 12.3. The molecule has 1 aromatic rings. The first-order valence-electron chi connectivity index (χ1n) is 6.08. The fourth-order valence-electron chi connectivity index (χ4n) is 1.90. The summed E-state index contributed by atoms with van der Waals surface area (Å²) in [5.41, 5.74) is 1.28. The van der Waals surface area contributed by atoms with Crippen molar-refractivity contribution < 1.29 is 9.31 Å². The van der Waals surface area contributed by atoms with Crippen LogP contribution in [-0.4, -0.2) is 18.3 Å². The zero-order valence-electron chi connectivity index (χ0n) is 11.4. The van der Waals surface area contributed by atoms with E-state index in [0.717, 1.165) is 15.9 Å². The second-order valence-electron chi connectivity index (χ2n) is 5.58. The van der Waals surface area contributed by atoms with Crippen LogP contribution in [0.3, 0.4) is 0 Å². The predicted molar refractivity (Wildman–Crippen MR) is 79.5 cm³/mol. The van der Waals surface area contributed by atoms with E-state index in [1.807, 2.05) is 45.9 Å². The van der Waals surface area contributed by atoms with Crippen molar-refractivity contribution in [2.75, 3.05) is 0 Å². The third-order valence-electron chi connectivity index (χ3n) is 3.83. The van der Waals surface area contributed by atoms with Crippen molar-refractivity contribution in [2.24, 2.45) is 0 Å². The SMILES string of the molecule is C=Cc1cccc(B2OC(C)(C)C(C)(C)O2)c1S. The molecule has 0 spiro atoms. The molecule has 1 saturated heterocycles. The van der Waals surface area contributed by atoms with Gasteiger partial charge in [0.25, 0.3) is 0 Å². The van der Waals surface area contributed by atoms with Gasteiger partial charge in [-0.1, -0.05) is 30.9 Å². The van der Waals surface area contributed by atoms with Crippen LogP contribution in [0.1, 0.15) is 33.3 Å². The Morgan fingerprint density at radius 2 is 1.72 bits per heavy atom. The maximum atomic E-state index is 6.03. The number of hydrogen-bond donors (Lipinski definition) is 1. The molecule has 1 aliphatic heterocycles. The fourth-order valence-corrected chi connectivity index (χ4v) is 2.25. The van der Waals surface area contributed by atoms with Crippen LogP contribution < -0.4 is 5.46 Å². The van der Waals surface area contributed by atoms with Gasteiger partial charge in [-0.3, -0.25) is 0 Å². The monoisotopic (exact) mass is 262 g/mol. The van der Waals surface area contributed by atoms with E-state index in [1.54, 1.807) is 6.08 Å². The Morgan fingerprint density at radius 1 is 1.17 bits per heavy atom. The summed E-state index contributed by atoms with van der Waals surface area (Å²) in [5.74, 6) is 0. The molecule has 1 heterocycles. The highest BCUT2D eigenvalue weighted by molar-refractivity contribution is 7.80. The van der Waals surface area contributed by atoms with Crippen molar-refractivity contribution in [3.8, 4) is 0 Å². The van der Waals surface area contributed by atoms with Crippen LogP contribution in [0, 0.1) is 0 Å². The van der Waals surface area contributed by atoms with Crippen molar-refractivity contribution in [3.05, 3.63) is 30.3 Å². The van der Waals surface area contributed by atoms with E-state index in [2.05, 4.69) is 19.2 Å². The zero-order chi connectivity index (χ0) is 13.6. The topological polar surface area (TPSA) is 18.5 Å². The largest absolute Gasteiger partial charge is 0.496 e. The molecule has 0 aromatic heterocycles. The average molecular weight is 262 g/mol. The van der Waals surface area contributed by atoms with Crippen LogP contribution >= 0.6 is 12.6 Å². The molecular formula is C14H19BO2S. The second kappa shape index (κ2) is 4.44. The van der Waals surface area contributed by atoms with Gasteiger partial charge in [0.05, 0.1) is 11.2 Å². The van der Waals surface area contributed by atoms with Crippen LogP contribution in [0.15, 0.2) is 29.7 Å². The molecule has 0 amide bonds. The normalized spacial score (nSPS) is 21.1. The van der Waals surface area contributed by atoms with Gasteiger partial charge in [-0.15, -0.1) is 12.6 Å².